The molecule has 9 atom stereocenters. The van der Waals surface area contributed by atoms with Crippen LogP contribution in [-0.4, -0.2) is 99.8 Å². The molecule has 25 heavy (non-hydrogen) atoms. The molecule has 13 nitrogen and oxygen atoms in total. The summed E-state index contributed by atoms with van der Waals surface area (Å²) < 4.78 is 21.2. The van der Waals surface area contributed by atoms with Gasteiger partial charge in [0.15, 0.2) is 18.5 Å². The molecule has 0 spiro atoms. The van der Waals surface area contributed by atoms with E-state index < -0.39 is 66.2 Å². The standard InChI is InChI=1S/C12H17NO12/c14-5-6(15)10(11(17)18)24-12(7(5)16)23-3-1-21-9-4(25-13(19)20)2-22-8(3)9/h3-10,12,14-16H,1-2H2,(H,17,18)/t3?,4-,5+,6+,7-,8-,9-,10+,12?/m1/s1. The third-order valence-corrected chi connectivity index (χ3v) is 4.31. The lowest BCUT2D eigenvalue weighted by molar-refractivity contribution is -0.769. The Hall–Kier alpha value is -1.61. The van der Waals surface area contributed by atoms with Gasteiger partial charge in [0.1, 0.15) is 36.6 Å². The SMILES string of the molecule is O=C(O)[C@H]1OC(OC2CO[C@H]3[C@@H]2OC[C@H]3O[N+](=O)[O-])[C@H](O)[C@@H](O)[C@@H]1O. The molecule has 142 valence electrons. The van der Waals surface area contributed by atoms with Crippen LogP contribution >= 0.6 is 0 Å². The fourth-order valence-corrected chi connectivity index (χ4v) is 3.08. The summed E-state index contributed by atoms with van der Waals surface area (Å²) in [6.07, 6.45) is -12.0. The zero-order chi connectivity index (χ0) is 18.3. The Kier molecular flexibility index (Phi) is 5.06. The summed E-state index contributed by atoms with van der Waals surface area (Å²) in [6, 6.07) is 0. The molecule has 4 N–H and O–H groups in total. The van der Waals surface area contributed by atoms with Crippen molar-refractivity contribution in [1.82, 2.24) is 0 Å². The molecule has 2 unspecified atom stereocenters. The van der Waals surface area contributed by atoms with E-state index in [0.29, 0.717) is 0 Å². The fraction of sp³-hybridized carbons (Fsp3) is 0.917. The third kappa shape index (κ3) is 3.39. The number of carboxylic acids is 1. The number of aliphatic hydroxyl groups is 3. The Morgan fingerprint density at radius 1 is 1.04 bits per heavy atom. The van der Waals surface area contributed by atoms with E-state index in [0.717, 1.165) is 0 Å². The second kappa shape index (κ2) is 6.95. The van der Waals surface area contributed by atoms with Gasteiger partial charge < -0.3 is 44.2 Å². The molecule has 0 bridgehead atoms. The molecular weight excluding hydrogens is 350 g/mol. The first-order chi connectivity index (χ1) is 11.8. The highest BCUT2D eigenvalue weighted by molar-refractivity contribution is 5.73. The molecular formula is C12H17NO12. The summed E-state index contributed by atoms with van der Waals surface area (Å²) in [5.74, 6) is -1.54. The van der Waals surface area contributed by atoms with Crippen LogP contribution in [0.4, 0.5) is 0 Å². The first kappa shape index (κ1) is 18.2. The second-order valence-corrected chi connectivity index (χ2v) is 5.87. The molecule has 3 rings (SSSR count). The van der Waals surface area contributed by atoms with Gasteiger partial charge in [-0.05, 0) is 0 Å². The maximum atomic E-state index is 11.1. The second-order valence-electron chi connectivity index (χ2n) is 5.87. The first-order valence-corrected chi connectivity index (χ1v) is 7.42. The van der Waals surface area contributed by atoms with Gasteiger partial charge in [0.2, 0.25) is 0 Å². The minimum atomic E-state index is -1.83. The number of aliphatic hydroxyl groups excluding tert-OH is 3. The lowest BCUT2D eigenvalue weighted by Crippen LogP contribution is -2.61. The topological polar surface area (TPSA) is 187 Å². The Morgan fingerprint density at radius 3 is 2.24 bits per heavy atom. The Labute approximate surface area is 139 Å². The first-order valence-electron chi connectivity index (χ1n) is 7.42. The number of nitrogens with zero attached hydrogens (tertiary/aromatic N) is 1. The number of carboxylic acid groups (broad SMARTS) is 1. The van der Waals surface area contributed by atoms with Gasteiger partial charge >= 0.3 is 5.97 Å². The highest BCUT2D eigenvalue weighted by Gasteiger charge is 2.53. The van der Waals surface area contributed by atoms with Crippen LogP contribution in [0.3, 0.4) is 0 Å². The van der Waals surface area contributed by atoms with Crippen LogP contribution in [0, 0.1) is 10.1 Å². The van der Waals surface area contributed by atoms with Gasteiger partial charge in [-0.2, -0.15) is 0 Å². The Morgan fingerprint density at radius 2 is 1.64 bits per heavy atom. The van der Waals surface area contributed by atoms with Crippen LogP contribution in [0.25, 0.3) is 0 Å². The number of hydrogen-bond acceptors (Lipinski definition) is 11. The minimum absolute atomic E-state index is 0.0735. The quantitative estimate of drug-likeness (QED) is 0.279. The molecule has 0 amide bonds. The number of rotatable bonds is 5. The van der Waals surface area contributed by atoms with Crippen molar-refractivity contribution in [2.75, 3.05) is 13.2 Å². The minimum Gasteiger partial charge on any atom is -0.479 e. The largest absolute Gasteiger partial charge is 0.479 e. The monoisotopic (exact) mass is 367 g/mol. The third-order valence-electron chi connectivity index (χ3n) is 4.31. The van der Waals surface area contributed by atoms with Crippen LogP contribution in [0.5, 0.6) is 0 Å². The average Bonchev–Trinajstić information content (AvgIpc) is 3.11. The molecule has 0 aromatic carbocycles. The van der Waals surface area contributed by atoms with Gasteiger partial charge in [0.05, 0.1) is 13.2 Å². The Bertz CT molecular complexity index is 530. The summed E-state index contributed by atoms with van der Waals surface area (Å²) in [6.45, 7) is -0.181. The van der Waals surface area contributed by atoms with E-state index in [4.69, 9.17) is 24.1 Å². The molecule has 13 heteroatoms. The van der Waals surface area contributed by atoms with Crippen LogP contribution in [0.15, 0.2) is 0 Å². The van der Waals surface area contributed by atoms with Gasteiger partial charge in [0.25, 0.3) is 5.09 Å². The van der Waals surface area contributed by atoms with Crippen molar-refractivity contribution in [3.63, 3.8) is 0 Å². The van der Waals surface area contributed by atoms with E-state index in [2.05, 4.69) is 4.84 Å². The van der Waals surface area contributed by atoms with Crippen molar-refractivity contribution in [1.29, 1.82) is 0 Å². The normalized spacial score (nSPS) is 46.6. The smallest absolute Gasteiger partial charge is 0.335 e. The molecule has 0 aromatic rings. The van der Waals surface area contributed by atoms with Crippen molar-refractivity contribution in [3.8, 4) is 0 Å². The molecule has 0 saturated carbocycles. The zero-order valence-corrected chi connectivity index (χ0v) is 12.6. The number of hydrogen-bond donors (Lipinski definition) is 4. The summed E-state index contributed by atoms with van der Waals surface area (Å²) in [5.41, 5.74) is 0. The molecule has 3 heterocycles. The van der Waals surface area contributed by atoms with Gasteiger partial charge in [0, 0.05) is 0 Å². The van der Waals surface area contributed by atoms with E-state index in [1.807, 2.05) is 0 Å². The molecule has 0 radical (unpaired) electrons. The van der Waals surface area contributed by atoms with Crippen molar-refractivity contribution in [2.24, 2.45) is 0 Å². The number of aliphatic carboxylic acids is 1. The fourth-order valence-electron chi connectivity index (χ4n) is 3.08. The lowest BCUT2D eigenvalue weighted by atomic mass is 9.99. The van der Waals surface area contributed by atoms with Crippen LogP contribution in [-0.2, 0) is 28.6 Å². The lowest BCUT2D eigenvalue weighted by Gasteiger charge is -2.39. The number of carbonyl (C=O) groups is 1. The van der Waals surface area contributed by atoms with Gasteiger partial charge in [-0.1, -0.05) is 0 Å². The maximum Gasteiger partial charge on any atom is 0.335 e. The summed E-state index contributed by atoms with van der Waals surface area (Å²) in [7, 11) is 0. The number of fused-ring (bicyclic) bond motifs is 1. The van der Waals surface area contributed by atoms with Crippen LogP contribution < -0.4 is 0 Å². The molecule has 0 aliphatic carbocycles. The van der Waals surface area contributed by atoms with Crippen molar-refractivity contribution < 1.29 is 54.1 Å². The van der Waals surface area contributed by atoms with E-state index >= 15 is 0 Å². The average molecular weight is 367 g/mol. The van der Waals surface area contributed by atoms with Crippen molar-refractivity contribution >= 4 is 5.97 Å². The highest BCUT2D eigenvalue weighted by Crippen LogP contribution is 2.33. The zero-order valence-electron chi connectivity index (χ0n) is 12.6. The molecule has 3 saturated heterocycles. The predicted octanol–water partition coefficient (Wildman–Crippen LogP) is -3.36. The van der Waals surface area contributed by atoms with Crippen molar-refractivity contribution in [3.05, 3.63) is 10.1 Å². The van der Waals surface area contributed by atoms with E-state index in [-0.39, 0.29) is 13.2 Å². The Balaban J connectivity index is 1.64. The van der Waals surface area contributed by atoms with Crippen molar-refractivity contribution in [2.45, 2.75) is 55.1 Å². The van der Waals surface area contributed by atoms with E-state index in [1.165, 1.54) is 0 Å². The summed E-state index contributed by atoms with van der Waals surface area (Å²) in [4.78, 5) is 25.9. The molecule has 0 aromatic heterocycles. The van der Waals surface area contributed by atoms with Crippen LogP contribution in [0.1, 0.15) is 0 Å². The highest BCUT2D eigenvalue weighted by atomic mass is 17.0. The maximum absolute atomic E-state index is 11.1. The molecule has 3 fully saturated rings. The van der Waals surface area contributed by atoms with Gasteiger partial charge in [-0.3, -0.25) is 0 Å². The molecule has 3 aliphatic heterocycles. The van der Waals surface area contributed by atoms with E-state index in [9.17, 15) is 30.2 Å². The van der Waals surface area contributed by atoms with E-state index in [1.54, 1.807) is 0 Å². The number of ether oxygens (including phenoxy) is 4. The van der Waals surface area contributed by atoms with Crippen LogP contribution in [0.2, 0.25) is 0 Å². The predicted molar refractivity (Wildman–Crippen MR) is 70.5 cm³/mol. The molecule has 3 aliphatic rings. The summed E-state index contributed by atoms with van der Waals surface area (Å²) >= 11 is 0. The summed E-state index contributed by atoms with van der Waals surface area (Å²) in [5, 5.41) is 47.8. The van der Waals surface area contributed by atoms with Gasteiger partial charge in [-0.15, -0.1) is 10.1 Å². The van der Waals surface area contributed by atoms with Gasteiger partial charge in [-0.25, -0.2) is 4.79 Å².